The fraction of sp³-hybridized carbons (Fsp3) is 1.00. The zero-order valence-corrected chi connectivity index (χ0v) is 6.84. The summed E-state index contributed by atoms with van der Waals surface area (Å²) in [5.74, 6) is 0. The molecule has 0 bridgehead atoms. The molecule has 0 aliphatic carbocycles. The first-order valence-electron chi connectivity index (χ1n) is 1.96. The molecule has 1 radical (unpaired) electrons. The average molecular weight is 214 g/mol. The van der Waals surface area contributed by atoms with Crippen LogP contribution in [-0.2, 0) is 6.03 Å². The molecule has 0 aromatic heterocycles. The second kappa shape index (κ2) is 3.53. The molecular weight excluding hydrogens is 206 g/mol. The molecule has 3 nitrogen and oxygen atoms in total. The van der Waals surface area contributed by atoms with Gasteiger partial charge in [-0.25, -0.2) is 0 Å². The Hall–Kier alpha value is 0.538. The summed E-state index contributed by atoms with van der Waals surface area (Å²) in [5.41, 5.74) is 0. The van der Waals surface area contributed by atoms with Crippen molar-refractivity contribution in [1.29, 1.82) is 0 Å². The van der Waals surface area contributed by atoms with Gasteiger partial charge in [0.2, 0.25) is 0 Å². The summed E-state index contributed by atoms with van der Waals surface area (Å²) in [6.45, 7) is 3.46. The molecule has 0 aromatic rings. The van der Waals surface area contributed by atoms with Gasteiger partial charge in [0.25, 0.3) is 0 Å². The minimum atomic E-state index is -3.33. The average Bonchev–Trinajstić information content (AvgIpc) is 1.27. The first-order valence-corrected chi connectivity index (χ1v) is 5.18. The Balaban J connectivity index is 3.13. The molecule has 0 aromatic carbocycles. The van der Waals surface area contributed by atoms with Crippen LogP contribution in [0.3, 0.4) is 0 Å². The standard InChI is InChI=1S/C3H7O.H2O.O.Sb/c1-3(2)4;;;/h3H,1-2H3;1H2;;/q-1;;;+2/p-1. The first-order chi connectivity index (χ1) is 3.13. The molecule has 43 valence electrons. The maximum absolute atomic E-state index is 9.85. The van der Waals surface area contributed by atoms with Crippen LogP contribution in [0.1, 0.15) is 13.8 Å². The molecule has 0 saturated carbocycles. The number of hydrogen-bond donors (Lipinski definition) is 1. The molecule has 0 atom stereocenters. The van der Waals surface area contributed by atoms with Gasteiger partial charge in [0.15, 0.2) is 0 Å². The molecular formula is C3H8O3Sb. The maximum atomic E-state index is 9.85. The van der Waals surface area contributed by atoms with E-state index in [2.05, 4.69) is 3.02 Å². The van der Waals surface area contributed by atoms with Gasteiger partial charge in [-0.15, -0.1) is 0 Å². The Bertz CT molecular complexity index is 70.6. The molecule has 1 N–H and O–H groups in total. The molecule has 0 saturated heterocycles. The van der Waals surface area contributed by atoms with E-state index in [1.165, 1.54) is 0 Å². The van der Waals surface area contributed by atoms with E-state index in [4.69, 9.17) is 3.39 Å². The van der Waals surface area contributed by atoms with Crippen molar-refractivity contribution in [3.8, 4) is 0 Å². The predicted molar refractivity (Wildman–Crippen MR) is 24.9 cm³/mol. The molecule has 0 aliphatic rings. The summed E-state index contributed by atoms with van der Waals surface area (Å²) in [7, 11) is 0. The molecule has 0 unspecified atom stereocenters. The Morgan fingerprint density at radius 2 is 2.14 bits per heavy atom. The predicted octanol–water partition coefficient (Wildman–Crippen LogP) is -0.181. The number of rotatable bonds is 2. The SMILES string of the molecule is CC(C)[O][Sb](=[O])[OH]. The zero-order chi connectivity index (χ0) is 5.86. The van der Waals surface area contributed by atoms with Crippen LogP contribution < -0.4 is 0 Å². The Morgan fingerprint density at radius 3 is 2.14 bits per heavy atom. The third kappa shape index (κ3) is 6.54. The van der Waals surface area contributed by atoms with Gasteiger partial charge in [-0.1, -0.05) is 0 Å². The van der Waals surface area contributed by atoms with Gasteiger partial charge in [0.05, 0.1) is 0 Å². The van der Waals surface area contributed by atoms with Crippen LogP contribution in [0.2, 0.25) is 0 Å². The Labute approximate surface area is 50.8 Å². The van der Waals surface area contributed by atoms with Crippen molar-refractivity contribution in [3.05, 3.63) is 0 Å². The van der Waals surface area contributed by atoms with Gasteiger partial charge in [-0.2, -0.15) is 0 Å². The summed E-state index contributed by atoms with van der Waals surface area (Å²) in [6, 6.07) is 0. The van der Waals surface area contributed by atoms with E-state index < -0.39 is 21.0 Å². The van der Waals surface area contributed by atoms with Crippen LogP contribution in [0.25, 0.3) is 0 Å². The molecule has 4 heteroatoms. The molecule has 0 amide bonds. The number of hydrogen-bond acceptors (Lipinski definition) is 2. The van der Waals surface area contributed by atoms with Crippen molar-refractivity contribution in [1.82, 2.24) is 0 Å². The first kappa shape index (κ1) is 7.54. The van der Waals surface area contributed by atoms with Gasteiger partial charge in [0, 0.05) is 0 Å². The van der Waals surface area contributed by atoms with Crippen molar-refractivity contribution in [2.75, 3.05) is 0 Å². The summed E-state index contributed by atoms with van der Waals surface area (Å²) >= 11 is -3.33. The Morgan fingerprint density at radius 1 is 1.71 bits per heavy atom. The van der Waals surface area contributed by atoms with E-state index in [0.717, 1.165) is 0 Å². The van der Waals surface area contributed by atoms with E-state index in [1.807, 2.05) is 0 Å². The van der Waals surface area contributed by atoms with Crippen molar-refractivity contribution >= 4 is 21.0 Å². The molecule has 0 rings (SSSR count). The quantitative estimate of drug-likeness (QED) is 0.648. The summed E-state index contributed by atoms with van der Waals surface area (Å²) in [5, 5.41) is 0. The van der Waals surface area contributed by atoms with Crippen LogP contribution in [-0.4, -0.2) is 30.5 Å². The zero-order valence-electron chi connectivity index (χ0n) is 4.29. The van der Waals surface area contributed by atoms with Crippen LogP contribution in [0.15, 0.2) is 0 Å². The van der Waals surface area contributed by atoms with E-state index >= 15 is 0 Å². The molecule has 0 spiro atoms. The molecule has 0 fully saturated rings. The molecule has 0 heterocycles. The van der Waals surface area contributed by atoms with Crippen molar-refractivity contribution in [2.45, 2.75) is 20.0 Å². The normalized spacial score (nSPS) is 9.71. The Kier molecular flexibility index (Phi) is 3.80. The minimum absolute atomic E-state index is 0.106. The van der Waals surface area contributed by atoms with Crippen molar-refractivity contribution in [3.63, 3.8) is 0 Å². The summed E-state index contributed by atoms with van der Waals surface area (Å²) < 4.78 is 22.4. The van der Waals surface area contributed by atoms with Crippen LogP contribution >= 0.6 is 0 Å². The fourth-order valence-electron chi connectivity index (χ4n) is 0.180. The van der Waals surface area contributed by atoms with Gasteiger partial charge < -0.3 is 0 Å². The van der Waals surface area contributed by atoms with Gasteiger partial charge in [-0.3, -0.25) is 0 Å². The fourth-order valence-corrected chi connectivity index (χ4v) is 1.21. The van der Waals surface area contributed by atoms with Crippen molar-refractivity contribution < 1.29 is 9.42 Å². The van der Waals surface area contributed by atoms with Crippen LogP contribution in [0.4, 0.5) is 0 Å². The van der Waals surface area contributed by atoms with Gasteiger partial charge in [0.1, 0.15) is 0 Å². The monoisotopic (exact) mass is 213 g/mol. The third-order valence-corrected chi connectivity index (χ3v) is 2.02. The van der Waals surface area contributed by atoms with Gasteiger partial charge >= 0.3 is 50.4 Å². The summed E-state index contributed by atoms with van der Waals surface area (Å²) in [4.78, 5) is 0. The third-order valence-electron chi connectivity index (χ3n) is 0.301. The van der Waals surface area contributed by atoms with Crippen molar-refractivity contribution in [2.24, 2.45) is 0 Å². The topological polar surface area (TPSA) is 46.5 Å². The van der Waals surface area contributed by atoms with Crippen LogP contribution in [0.5, 0.6) is 0 Å². The second-order valence-corrected chi connectivity index (χ2v) is 3.35. The van der Waals surface area contributed by atoms with E-state index in [9.17, 15) is 3.02 Å². The van der Waals surface area contributed by atoms with Crippen LogP contribution in [0, 0.1) is 0 Å². The van der Waals surface area contributed by atoms with E-state index in [0.29, 0.717) is 0 Å². The van der Waals surface area contributed by atoms with E-state index in [1.54, 1.807) is 13.8 Å². The molecule has 7 heavy (non-hydrogen) atoms. The van der Waals surface area contributed by atoms with Gasteiger partial charge in [-0.05, 0) is 0 Å². The second-order valence-electron chi connectivity index (χ2n) is 1.39. The summed E-state index contributed by atoms with van der Waals surface area (Å²) in [6.07, 6.45) is -0.106. The molecule has 0 aliphatic heterocycles. The van der Waals surface area contributed by atoms with E-state index in [-0.39, 0.29) is 6.10 Å².